The lowest BCUT2D eigenvalue weighted by Gasteiger charge is -2.29. The SMILES string of the molecule is C.C1=CN(C2CCCO2)CNC1. The van der Waals surface area contributed by atoms with Crippen LogP contribution in [0.4, 0.5) is 0 Å². The van der Waals surface area contributed by atoms with Crippen molar-refractivity contribution in [2.24, 2.45) is 0 Å². The van der Waals surface area contributed by atoms with Crippen molar-refractivity contribution in [3.8, 4) is 0 Å². The van der Waals surface area contributed by atoms with Gasteiger partial charge in [-0.25, -0.2) is 0 Å². The third kappa shape index (κ3) is 1.99. The van der Waals surface area contributed by atoms with Crippen LogP contribution in [0.1, 0.15) is 20.3 Å². The van der Waals surface area contributed by atoms with Crippen LogP contribution < -0.4 is 5.32 Å². The second kappa shape index (κ2) is 4.48. The molecule has 2 aliphatic rings. The molecule has 0 radical (unpaired) electrons. The van der Waals surface area contributed by atoms with E-state index in [-0.39, 0.29) is 7.43 Å². The van der Waals surface area contributed by atoms with E-state index in [1.165, 1.54) is 12.8 Å². The Morgan fingerprint density at radius 2 is 2.42 bits per heavy atom. The van der Waals surface area contributed by atoms with Crippen molar-refractivity contribution in [2.45, 2.75) is 26.5 Å². The molecule has 2 rings (SSSR count). The summed E-state index contributed by atoms with van der Waals surface area (Å²) in [7, 11) is 0. The third-order valence-electron chi connectivity index (χ3n) is 2.13. The molecule has 3 heteroatoms. The highest BCUT2D eigenvalue weighted by Crippen LogP contribution is 2.16. The van der Waals surface area contributed by atoms with Gasteiger partial charge in [0.25, 0.3) is 0 Å². The van der Waals surface area contributed by atoms with Crippen molar-refractivity contribution in [1.29, 1.82) is 0 Å². The highest BCUT2D eigenvalue weighted by atomic mass is 16.5. The van der Waals surface area contributed by atoms with Crippen LogP contribution in [0.3, 0.4) is 0 Å². The molecule has 12 heavy (non-hydrogen) atoms. The molecule has 1 unspecified atom stereocenters. The average Bonchev–Trinajstić information content (AvgIpc) is 2.58. The summed E-state index contributed by atoms with van der Waals surface area (Å²) >= 11 is 0. The molecule has 0 aromatic rings. The van der Waals surface area contributed by atoms with Crippen molar-refractivity contribution >= 4 is 0 Å². The summed E-state index contributed by atoms with van der Waals surface area (Å²) in [5.74, 6) is 0. The largest absolute Gasteiger partial charge is 0.358 e. The van der Waals surface area contributed by atoms with E-state index in [9.17, 15) is 0 Å². The van der Waals surface area contributed by atoms with Crippen molar-refractivity contribution < 1.29 is 4.74 Å². The molecule has 2 aliphatic heterocycles. The molecule has 0 bridgehead atoms. The van der Waals surface area contributed by atoms with Gasteiger partial charge in [-0.15, -0.1) is 0 Å². The fourth-order valence-corrected chi connectivity index (χ4v) is 1.54. The summed E-state index contributed by atoms with van der Waals surface area (Å²) in [5.41, 5.74) is 0. The van der Waals surface area contributed by atoms with Crippen molar-refractivity contribution in [3.63, 3.8) is 0 Å². The molecule has 1 saturated heterocycles. The van der Waals surface area contributed by atoms with Gasteiger partial charge in [0.05, 0.1) is 6.67 Å². The van der Waals surface area contributed by atoms with Gasteiger partial charge < -0.3 is 9.64 Å². The van der Waals surface area contributed by atoms with E-state index in [2.05, 4.69) is 22.5 Å². The van der Waals surface area contributed by atoms with Crippen LogP contribution in [0, 0.1) is 0 Å². The van der Waals surface area contributed by atoms with E-state index in [4.69, 9.17) is 4.74 Å². The third-order valence-corrected chi connectivity index (χ3v) is 2.13. The summed E-state index contributed by atoms with van der Waals surface area (Å²) in [6.45, 7) is 2.85. The number of ether oxygens (including phenoxy) is 1. The zero-order chi connectivity index (χ0) is 7.52. The molecule has 2 heterocycles. The minimum absolute atomic E-state index is 0. The van der Waals surface area contributed by atoms with Gasteiger partial charge >= 0.3 is 0 Å². The van der Waals surface area contributed by atoms with Crippen LogP contribution >= 0.6 is 0 Å². The maximum atomic E-state index is 5.53. The van der Waals surface area contributed by atoms with Gasteiger partial charge in [0.1, 0.15) is 6.23 Å². The Morgan fingerprint density at radius 1 is 1.50 bits per heavy atom. The van der Waals surface area contributed by atoms with E-state index in [1.54, 1.807) is 0 Å². The standard InChI is InChI=1S/C8H14N2O.CH4/c1-3-8(11-6-1)10-5-2-4-9-7-10;/h2,5,8-9H,1,3-4,6-7H2;1H4. The predicted octanol–water partition coefficient (Wildman–Crippen LogP) is 1.14. The molecule has 1 N–H and O–H groups in total. The maximum Gasteiger partial charge on any atom is 0.130 e. The summed E-state index contributed by atoms with van der Waals surface area (Å²) in [5, 5.41) is 3.27. The normalized spacial score (nSPS) is 28.7. The lowest BCUT2D eigenvalue weighted by molar-refractivity contribution is 0.00204. The van der Waals surface area contributed by atoms with Gasteiger partial charge in [-0.2, -0.15) is 0 Å². The Morgan fingerprint density at radius 3 is 3.00 bits per heavy atom. The summed E-state index contributed by atoms with van der Waals surface area (Å²) < 4.78 is 5.53. The van der Waals surface area contributed by atoms with Crippen LogP contribution in [0.25, 0.3) is 0 Å². The number of nitrogens with one attached hydrogen (secondary N) is 1. The monoisotopic (exact) mass is 170 g/mol. The van der Waals surface area contributed by atoms with Crippen LogP contribution in [-0.4, -0.2) is 30.9 Å². The molecule has 1 atom stereocenters. The highest BCUT2D eigenvalue weighted by molar-refractivity contribution is 4.90. The minimum Gasteiger partial charge on any atom is -0.358 e. The molecule has 0 aliphatic carbocycles. The zero-order valence-electron chi connectivity index (χ0n) is 6.62. The quantitative estimate of drug-likeness (QED) is 0.638. The first-order valence-electron chi connectivity index (χ1n) is 4.21. The zero-order valence-corrected chi connectivity index (χ0v) is 6.62. The van der Waals surface area contributed by atoms with Gasteiger partial charge in [-0.05, 0) is 12.8 Å². The van der Waals surface area contributed by atoms with E-state index in [0.29, 0.717) is 6.23 Å². The summed E-state index contributed by atoms with van der Waals surface area (Å²) in [6, 6.07) is 0. The molecule has 0 spiro atoms. The highest BCUT2D eigenvalue weighted by Gasteiger charge is 2.20. The Kier molecular flexibility index (Phi) is 3.56. The minimum atomic E-state index is 0. The number of hydrogen-bond acceptors (Lipinski definition) is 3. The van der Waals surface area contributed by atoms with Gasteiger partial charge in [0, 0.05) is 19.4 Å². The topological polar surface area (TPSA) is 24.5 Å². The van der Waals surface area contributed by atoms with Crippen LogP contribution in [0.5, 0.6) is 0 Å². The molecule has 0 amide bonds. The van der Waals surface area contributed by atoms with Crippen molar-refractivity contribution in [2.75, 3.05) is 19.8 Å². The second-order valence-corrected chi connectivity index (χ2v) is 2.98. The Bertz CT molecular complexity index is 153. The Labute approximate surface area is 74.4 Å². The van der Waals surface area contributed by atoms with Crippen LogP contribution in [0.15, 0.2) is 12.3 Å². The molecular formula is C9H18N2O. The molecule has 0 saturated carbocycles. The summed E-state index contributed by atoms with van der Waals surface area (Å²) in [6.07, 6.45) is 6.97. The molecule has 3 nitrogen and oxygen atoms in total. The van der Waals surface area contributed by atoms with E-state index in [1.807, 2.05) is 0 Å². The number of nitrogens with zero attached hydrogens (tertiary/aromatic N) is 1. The first kappa shape index (κ1) is 9.55. The fraction of sp³-hybridized carbons (Fsp3) is 0.778. The molecule has 0 aromatic carbocycles. The van der Waals surface area contributed by atoms with Crippen LogP contribution in [-0.2, 0) is 4.74 Å². The average molecular weight is 170 g/mol. The smallest absolute Gasteiger partial charge is 0.130 e. The van der Waals surface area contributed by atoms with Crippen molar-refractivity contribution in [1.82, 2.24) is 10.2 Å². The van der Waals surface area contributed by atoms with Crippen molar-refractivity contribution in [3.05, 3.63) is 12.3 Å². The fourth-order valence-electron chi connectivity index (χ4n) is 1.54. The first-order chi connectivity index (χ1) is 5.47. The van der Waals surface area contributed by atoms with Gasteiger partial charge in [0.15, 0.2) is 0 Å². The molecular weight excluding hydrogens is 152 g/mol. The lowest BCUT2D eigenvalue weighted by Crippen LogP contribution is -2.40. The predicted molar refractivity (Wildman–Crippen MR) is 49.6 cm³/mol. The van der Waals surface area contributed by atoms with Gasteiger partial charge in [-0.3, -0.25) is 5.32 Å². The maximum absolute atomic E-state index is 5.53. The lowest BCUT2D eigenvalue weighted by atomic mass is 10.3. The first-order valence-corrected chi connectivity index (χ1v) is 4.21. The van der Waals surface area contributed by atoms with E-state index in [0.717, 1.165) is 19.8 Å². The number of hydrogen-bond donors (Lipinski definition) is 1. The van der Waals surface area contributed by atoms with Gasteiger partial charge in [0.2, 0.25) is 0 Å². The molecule has 0 aromatic heterocycles. The molecule has 1 fully saturated rings. The second-order valence-electron chi connectivity index (χ2n) is 2.98. The Balaban J connectivity index is 0.000000720. The van der Waals surface area contributed by atoms with Gasteiger partial charge in [-0.1, -0.05) is 13.5 Å². The number of rotatable bonds is 1. The van der Waals surface area contributed by atoms with Crippen LogP contribution in [0.2, 0.25) is 0 Å². The van der Waals surface area contributed by atoms with E-state index >= 15 is 0 Å². The van der Waals surface area contributed by atoms with E-state index < -0.39 is 0 Å². The molecule has 70 valence electrons. The Hall–Kier alpha value is -0.540. The summed E-state index contributed by atoms with van der Waals surface area (Å²) in [4.78, 5) is 2.22.